The number of hydrogen-bond acceptors (Lipinski definition) is 4. The molecule has 1 aromatic carbocycles. The highest BCUT2D eigenvalue weighted by Crippen LogP contribution is 2.46. The molecule has 1 N–H and O–H groups in total. The number of ether oxygens (including phenoxy) is 1. The molecular weight excluding hydrogens is 318 g/mol. The molecule has 0 bridgehead atoms. The van der Waals surface area contributed by atoms with Gasteiger partial charge in [-0.25, -0.2) is 13.1 Å². The Morgan fingerprint density at radius 1 is 1.23 bits per heavy atom. The Bertz CT molecular complexity index is 735. The zero-order chi connectivity index (χ0) is 15.6. The molecule has 1 aromatic heterocycles. The molecule has 2 aromatic rings. The fraction of sp³-hybridized carbons (Fsp3) is 0.375. The molecule has 118 valence electrons. The van der Waals surface area contributed by atoms with Gasteiger partial charge in [0.05, 0.1) is 7.11 Å². The first-order chi connectivity index (χ1) is 10.6. The van der Waals surface area contributed by atoms with Gasteiger partial charge in [-0.1, -0.05) is 30.7 Å². The zero-order valence-electron chi connectivity index (χ0n) is 12.4. The van der Waals surface area contributed by atoms with Crippen molar-refractivity contribution < 1.29 is 13.2 Å². The Kier molecular flexibility index (Phi) is 4.25. The van der Waals surface area contributed by atoms with Crippen LogP contribution in [0.1, 0.15) is 24.8 Å². The van der Waals surface area contributed by atoms with Crippen LogP contribution in [0, 0.1) is 0 Å². The van der Waals surface area contributed by atoms with Crippen molar-refractivity contribution in [1.82, 2.24) is 4.72 Å². The topological polar surface area (TPSA) is 55.4 Å². The summed E-state index contributed by atoms with van der Waals surface area (Å²) in [5, 5.41) is 1.77. The van der Waals surface area contributed by atoms with Crippen molar-refractivity contribution in [2.24, 2.45) is 0 Å². The highest BCUT2D eigenvalue weighted by Gasteiger charge is 2.41. The van der Waals surface area contributed by atoms with Gasteiger partial charge in [0.25, 0.3) is 0 Å². The van der Waals surface area contributed by atoms with Gasteiger partial charge in [0, 0.05) is 17.5 Å². The van der Waals surface area contributed by atoms with Gasteiger partial charge < -0.3 is 4.74 Å². The first-order valence-corrected chi connectivity index (χ1v) is 9.60. The van der Waals surface area contributed by atoms with Gasteiger partial charge in [-0.2, -0.15) is 0 Å². The molecule has 1 fully saturated rings. The molecule has 0 amide bonds. The second kappa shape index (κ2) is 6.02. The highest BCUT2D eigenvalue weighted by atomic mass is 32.2. The lowest BCUT2D eigenvalue weighted by atomic mass is 9.64. The van der Waals surface area contributed by atoms with E-state index in [9.17, 15) is 8.42 Å². The summed E-state index contributed by atoms with van der Waals surface area (Å²) < 4.78 is 33.3. The van der Waals surface area contributed by atoms with Gasteiger partial charge in [-0.05, 0) is 30.4 Å². The Balaban J connectivity index is 1.83. The maximum Gasteiger partial charge on any atom is 0.250 e. The molecule has 3 rings (SSSR count). The van der Waals surface area contributed by atoms with Crippen molar-refractivity contribution in [3.05, 3.63) is 47.3 Å². The Hall–Kier alpha value is -1.37. The number of thiophene rings is 1. The smallest absolute Gasteiger partial charge is 0.250 e. The summed E-state index contributed by atoms with van der Waals surface area (Å²) >= 11 is 1.23. The lowest BCUT2D eigenvalue weighted by Crippen LogP contribution is -2.45. The van der Waals surface area contributed by atoms with E-state index >= 15 is 0 Å². The average molecular weight is 337 g/mol. The third-order valence-corrected chi connectivity index (χ3v) is 7.15. The first kappa shape index (κ1) is 15.5. The minimum absolute atomic E-state index is 0.156. The van der Waals surface area contributed by atoms with E-state index in [1.807, 2.05) is 24.3 Å². The third kappa shape index (κ3) is 2.78. The van der Waals surface area contributed by atoms with Crippen molar-refractivity contribution in [3.63, 3.8) is 0 Å². The molecule has 0 aliphatic heterocycles. The Morgan fingerprint density at radius 3 is 2.59 bits per heavy atom. The summed E-state index contributed by atoms with van der Waals surface area (Å²) in [5.74, 6) is 0.831. The maximum absolute atomic E-state index is 12.3. The molecule has 0 spiro atoms. The Morgan fingerprint density at radius 2 is 2.00 bits per heavy atom. The van der Waals surface area contributed by atoms with Crippen molar-refractivity contribution in [2.75, 3.05) is 13.7 Å². The molecule has 0 radical (unpaired) electrons. The molecule has 22 heavy (non-hydrogen) atoms. The van der Waals surface area contributed by atoms with Crippen LogP contribution in [-0.4, -0.2) is 22.1 Å². The van der Waals surface area contributed by atoms with Crippen molar-refractivity contribution in [2.45, 2.75) is 28.9 Å². The molecule has 0 unspecified atom stereocenters. The average Bonchev–Trinajstić information content (AvgIpc) is 3.01. The van der Waals surface area contributed by atoms with E-state index in [4.69, 9.17) is 4.74 Å². The standard InChI is InChI=1S/C16H19NO3S2/c1-20-14-7-3-2-6-13(14)16(9-5-10-16)12-17-22(18,19)15-8-4-11-21-15/h2-4,6-8,11,17H,5,9-10,12H2,1H3. The molecule has 0 atom stereocenters. The third-order valence-electron chi connectivity index (χ3n) is 4.35. The fourth-order valence-corrected chi connectivity index (χ4v) is 5.11. The summed E-state index contributed by atoms with van der Waals surface area (Å²) in [4.78, 5) is 0. The number of hydrogen-bond donors (Lipinski definition) is 1. The number of nitrogens with one attached hydrogen (secondary N) is 1. The molecule has 1 heterocycles. The summed E-state index contributed by atoms with van der Waals surface area (Å²) in [6.07, 6.45) is 3.06. The van der Waals surface area contributed by atoms with Crippen molar-refractivity contribution >= 4 is 21.4 Å². The summed E-state index contributed by atoms with van der Waals surface area (Å²) in [6, 6.07) is 11.3. The lowest BCUT2D eigenvalue weighted by Gasteiger charge is -2.43. The van der Waals surface area contributed by atoms with Crippen molar-refractivity contribution in [3.8, 4) is 5.75 Å². The van der Waals surface area contributed by atoms with Crippen LogP contribution in [0.3, 0.4) is 0 Å². The molecular formula is C16H19NO3S2. The maximum atomic E-state index is 12.3. The van der Waals surface area contributed by atoms with Crippen LogP contribution in [0.4, 0.5) is 0 Å². The van der Waals surface area contributed by atoms with E-state index in [1.165, 1.54) is 11.3 Å². The highest BCUT2D eigenvalue weighted by molar-refractivity contribution is 7.91. The molecule has 1 aliphatic carbocycles. The van der Waals surface area contributed by atoms with Gasteiger partial charge in [-0.15, -0.1) is 11.3 Å². The summed E-state index contributed by atoms with van der Waals surface area (Å²) in [6.45, 7) is 0.410. The van der Waals surface area contributed by atoms with E-state index < -0.39 is 10.0 Å². The van der Waals surface area contributed by atoms with Crippen LogP contribution in [0.2, 0.25) is 0 Å². The Labute approximate surface area is 135 Å². The zero-order valence-corrected chi connectivity index (χ0v) is 14.0. The van der Waals surface area contributed by atoms with Crippen LogP contribution < -0.4 is 9.46 Å². The van der Waals surface area contributed by atoms with Crippen LogP contribution in [0.15, 0.2) is 46.0 Å². The van der Waals surface area contributed by atoms with E-state index in [0.717, 1.165) is 30.6 Å². The number of methoxy groups -OCH3 is 1. The fourth-order valence-electron chi connectivity index (χ4n) is 2.95. The van der Waals surface area contributed by atoms with Crippen LogP contribution in [0.25, 0.3) is 0 Å². The van der Waals surface area contributed by atoms with Gasteiger partial charge in [0.2, 0.25) is 10.0 Å². The number of benzene rings is 1. The van der Waals surface area contributed by atoms with Gasteiger partial charge in [0.1, 0.15) is 9.96 Å². The lowest BCUT2D eigenvalue weighted by molar-refractivity contribution is 0.236. The second-order valence-corrected chi connectivity index (χ2v) is 8.53. The second-order valence-electron chi connectivity index (χ2n) is 5.59. The van der Waals surface area contributed by atoms with E-state index in [0.29, 0.717) is 10.8 Å². The first-order valence-electron chi connectivity index (χ1n) is 7.24. The number of para-hydroxylation sites is 1. The number of rotatable bonds is 6. The largest absolute Gasteiger partial charge is 0.496 e. The molecule has 1 aliphatic rings. The molecule has 6 heteroatoms. The quantitative estimate of drug-likeness (QED) is 0.881. The normalized spacial score (nSPS) is 17.0. The summed E-state index contributed by atoms with van der Waals surface area (Å²) in [5.41, 5.74) is 0.939. The van der Waals surface area contributed by atoms with Gasteiger partial charge in [-0.3, -0.25) is 0 Å². The minimum Gasteiger partial charge on any atom is -0.496 e. The molecule has 4 nitrogen and oxygen atoms in total. The summed E-state index contributed by atoms with van der Waals surface area (Å²) in [7, 11) is -1.77. The van der Waals surface area contributed by atoms with Crippen LogP contribution >= 0.6 is 11.3 Å². The van der Waals surface area contributed by atoms with Crippen molar-refractivity contribution in [1.29, 1.82) is 0 Å². The van der Waals surface area contributed by atoms with Gasteiger partial charge >= 0.3 is 0 Å². The SMILES string of the molecule is COc1ccccc1C1(CNS(=O)(=O)c2cccs2)CCC1. The number of sulfonamides is 1. The van der Waals surface area contributed by atoms with Gasteiger partial charge in [0.15, 0.2) is 0 Å². The van der Waals surface area contributed by atoms with Crippen LogP contribution in [0.5, 0.6) is 5.75 Å². The molecule has 1 saturated carbocycles. The predicted molar refractivity (Wildman–Crippen MR) is 88.0 cm³/mol. The van der Waals surface area contributed by atoms with E-state index in [-0.39, 0.29) is 5.41 Å². The van der Waals surface area contributed by atoms with E-state index in [1.54, 1.807) is 24.6 Å². The predicted octanol–water partition coefficient (Wildman–Crippen LogP) is 3.16. The van der Waals surface area contributed by atoms with E-state index in [2.05, 4.69) is 4.72 Å². The monoisotopic (exact) mass is 337 g/mol. The minimum atomic E-state index is -3.43. The van der Waals surface area contributed by atoms with Crippen LogP contribution in [-0.2, 0) is 15.4 Å². The molecule has 0 saturated heterocycles.